The van der Waals surface area contributed by atoms with E-state index in [1.807, 2.05) is 38.1 Å². The molecule has 0 spiro atoms. The Kier molecular flexibility index (Phi) is 4.97. The van der Waals surface area contributed by atoms with Gasteiger partial charge in [-0.1, -0.05) is 29.8 Å². The van der Waals surface area contributed by atoms with Gasteiger partial charge in [-0.3, -0.25) is 15.1 Å². The summed E-state index contributed by atoms with van der Waals surface area (Å²) < 4.78 is 0. The van der Waals surface area contributed by atoms with Crippen LogP contribution < -0.4 is 10.6 Å². The number of aromatic nitrogens is 1. The van der Waals surface area contributed by atoms with Crippen molar-refractivity contribution >= 4 is 51.4 Å². The van der Waals surface area contributed by atoms with Gasteiger partial charge >= 0.3 is 0 Å². The lowest BCUT2D eigenvalue weighted by molar-refractivity contribution is 0.0977. The van der Waals surface area contributed by atoms with Crippen molar-refractivity contribution in [3.63, 3.8) is 0 Å². The van der Waals surface area contributed by atoms with Gasteiger partial charge in [0.1, 0.15) is 0 Å². The molecule has 1 amide bonds. The summed E-state index contributed by atoms with van der Waals surface area (Å²) in [7, 11) is 0. The van der Waals surface area contributed by atoms with E-state index in [9.17, 15) is 4.79 Å². The zero-order valence-corrected chi connectivity index (χ0v) is 15.3. The molecule has 0 unspecified atom stereocenters. The summed E-state index contributed by atoms with van der Waals surface area (Å²) in [6, 6.07) is 14.5. The highest BCUT2D eigenvalue weighted by Crippen LogP contribution is 2.24. The summed E-state index contributed by atoms with van der Waals surface area (Å²) in [6.07, 6.45) is 0. The first-order chi connectivity index (χ1) is 11.9. The molecule has 0 saturated carbocycles. The minimum Gasteiger partial charge on any atom is -0.331 e. The maximum absolute atomic E-state index is 12.3. The van der Waals surface area contributed by atoms with E-state index >= 15 is 0 Å². The Labute approximate surface area is 156 Å². The number of para-hydroxylation sites is 1. The Bertz CT molecular complexity index is 988. The number of carbonyl (C=O) groups excluding carboxylic acids is 1. The van der Waals surface area contributed by atoms with Crippen molar-refractivity contribution in [2.24, 2.45) is 0 Å². The highest BCUT2D eigenvalue weighted by Gasteiger charge is 2.11. The van der Waals surface area contributed by atoms with Gasteiger partial charge in [0.15, 0.2) is 5.11 Å². The molecule has 1 heterocycles. The van der Waals surface area contributed by atoms with Gasteiger partial charge in [0, 0.05) is 21.7 Å². The Hall–Kier alpha value is -2.50. The van der Waals surface area contributed by atoms with E-state index in [0.29, 0.717) is 10.6 Å². The zero-order valence-electron chi connectivity index (χ0n) is 13.8. The summed E-state index contributed by atoms with van der Waals surface area (Å²) in [5.41, 5.74) is 4.08. The van der Waals surface area contributed by atoms with E-state index in [4.69, 9.17) is 23.8 Å². The van der Waals surface area contributed by atoms with E-state index in [2.05, 4.69) is 15.6 Å². The van der Waals surface area contributed by atoms with Crippen molar-refractivity contribution in [2.75, 3.05) is 5.32 Å². The summed E-state index contributed by atoms with van der Waals surface area (Å²) in [6.45, 7) is 3.99. The number of hydrogen-bond donors (Lipinski definition) is 2. The molecule has 2 N–H and O–H groups in total. The SMILES string of the molecule is Cc1cc(C)c2cccc(NC(=S)NC(=O)c3cccc(Cl)c3)c2n1. The average Bonchev–Trinajstić information content (AvgIpc) is 2.55. The first-order valence-electron chi connectivity index (χ1n) is 7.69. The second-order valence-corrected chi connectivity index (χ2v) is 6.55. The summed E-state index contributed by atoms with van der Waals surface area (Å²) in [5, 5.41) is 7.46. The van der Waals surface area contributed by atoms with Crippen LogP contribution >= 0.6 is 23.8 Å². The number of halogens is 1. The van der Waals surface area contributed by atoms with E-state index in [-0.39, 0.29) is 11.0 Å². The maximum atomic E-state index is 12.3. The highest BCUT2D eigenvalue weighted by molar-refractivity contribution is 7.80. The van der Waals surface area contributed by atoms with E-state index < -0.39 is 0 Å². The predicted molar refractivity (Wildman–Crippen MR) is 106 cm³/mol. The smallest absolute Gasteiger partial charge is 0.257 e. The van der Waals surface area contributed by atoms with Gasteiger partial charge < -0.3 is 5.32 Å². The van der Waals surface area contributed by atoms with Crippen LogP contribution in [0.5, 0.6) is 0 Å². The summed E-state index contributed by atoms with van der Waals surface area (Å²) >= 11 is 11.2. The molecule has 3 rings (SSSR count). The van der Waals surface area contributed by atoms with Crippen LogP contribution in [0.1, 0.15) is 21.6 Å². The average molecular weight is 370 g/mol. The number of pyridine rings is 1. The second-order valence-electron chi connectivity index (χ2n) is 5.70. The second kappa shape index (κ2) is 7.17. The third kappa shape index (κ3) is 3.95. The van der Waals surface area contributed by atoms with Crippen LogP contribution in [0.4, 0.5) is 5.69 Å². The molecular weight excluding hydrogens is 354 g/mol. The van der Waals surface area contributed by atoms with Crippen LogP contribution in [0.2, 0.25) is 5.02 Å². The van der Waals surface area contributed by atoms with Gasteiger partial charge in [0.25, 0.3) is 5.91 Å². The molecule has 0 aliphatic rings. The fourth-order valence-electron chi connectivity index (χ4n) is 2.64. The molecule has 126 valence electrons. The number of carbonyl (C=O) groups is 1. The Balaban J connectivity index is 1.82. The fraction of sp³-hybridized carbons (Fsp3) is 0.105. The number of anilines is 1. The molecule has 0 fully saturated rings. The van der Waals surface area contributed by atoms with E-state index in [1.165, 1.54) is 0 Å². The monoisotopic (exact) mass is 369 g/mol. The minimum atomic E-state index is -0.319. The lowest BCUT2D eigenvalue weighted by atomic mass is 10.1. The van der Waals surface area contributed by atoms with Gasteiger partial charge in [0.05, 0.1) is 11.2 Å². The summed E-state index contributed by atoms with van der Waals surface area (Å²) in [4.78, 5) is 16.8. The van der Waals surface area contributed by atoms with Crippen molar-refractivity contribution in [3.8, 4) is 0 Å². The van der Waals surface area contributed by atoms with Gasteiger partial charge in [0.2, 0.25) is 0 Å². The molecule has 1 aromatic heterocycles. The van der Waals surface area contributed by atoms with Crippen LogP contribution in [-0.4, -0.2) is 16.0 Å². The number of benzene rings is 2. The van der Waals surface area contributed by atoms with Gasteiger partial charge in [-0.15, -0.1) is 0 Å². The molecule has 0 radical (unpaired) electrons. The molecule has 6 heteroatoms. The normalized spacial score (nSPS) is 10.5. The molecule has 25 heavy (non-hydrogen) atoms. The van der Waals surface area contributed by atoms with Gasteiger partial charge in [-0.05, 0) is 62.0 Å². The number of rotatable bonds is 2. The Morgan fingerprint density at radius 2 is 1.88 bits per heavy atom. The molecule has 0 bridgehead atoms. The third-order valence-corrected chi connectivity index (χ3v) is 4.18. The zero-order chi connectivity index (χ0) is 18.0. The van der Waals surface area contributed by atoms with Crippen molar-refractivity contribution in [1.82, 2.24) is 10.3 Å². The molecular formula is C19H16ClN3OS. The number of nitrogens with one attached hydrogen (secondary N) is 2. The van der Waals surface area contributed by atoms with E-state index in [0.717, 1.165) is 27.8 Å². The topological polar surface area (TPSA) is 54.0 Å². The third-order valence-electron chi connectivity index (χ3n) is 3.74. The van der Waals surface area contributed by atoms with Gasteiger partial charge in [-0.2, -0.15) is 0 Å². The Morgan fingerprint density at radius 3 is 2.64 bits per heavy atom. The van der Waals surface area contributed by atoms with Crippen LogP contribution in [0, 0.1) is 13.8 Å². The van der Waals surface area contributed by atoms with Crippen molar-refractivity contribution in [2.45, 2.75) is 13.8 Å². The highest BCUT2D eigenvalue weighted by atomic mass is 35.5. The molecule has 3 aromatic rings. The van der Waals surface area contributed by atoms with Gasteiger partial charge in [-0.25, -0.2) is 0 Å². The van der Waals surface area contributed by atoms with Crippen LogP contribution in [-0.2, 0) is 0 Å². The first-order valence-corrected chi connectivity index (χ1v) is 8.47. The fourth-order valence-corrected chi connectivity index (χ4v) is 3.03. The van der Waals surface area contributed by atoms with Crippen LogP contribution in [0.3, 0.4) is 0 Å². The number of fused-ring (bicyclic) bond motifs is 1. The number of aryl methyl sites for hydroxylation is 2. The number of nitrogens with zero attached hydrogens (tertiary/aromatic N) is 1. The molecule has 0 aliphatic carbocycles. The van der Waals surface area contributed by atoms with Crippen LogP contribution in [0.15, 0.2) is 48.5 Å². The van der Waals surface area contributed by atoms with Crippen LogP contribution in [0.25, 0.3) is 10.9 Å². The van der Waals surface area contributed by atoms with Crippen molar-refractivity contribution in [1.29, 1.82) is 0 Å². The molecule has 0 aliphatic heterocycles. The predicted octanol–water partition coefficient (Wildman–Crippen LogP) is 4.63. The molecule has 0 saturated heterocycles. The van der Waals surface area contributed by atoms with E-state index in [1.54, 1.807) is 24.3 Å². The number of amides is 1. The maximum Gasteiger partial charge on any atom is 0.257 e. The van der Waals surface area contributed by atoms with Crippen molar-refractivity contribution < 1.29 is 4.79 Å². The van der Waals surface area contributed by atoms with Crippen molar-refractivity contribution in [3.05, 3.63) is 70.4 Å². The first kappa shape index (κ1) is 17.3. The standard InChI is InChI=1S/C19H16ClN3OS/c1-11-9-12(2)21-17-15(11)7-4-8-16(17)22-19(25)23-18(24)13-5-3-6-14(20)10-13/h3-10H,1-2H3,(H2,22,23,24,25). The Morgan fingerprint density at radius 1 is 1.12 bits per heavy atom. The molecule has 4 nitrogen and oxygen atoms in total. The minimum absolute atomic E-state index is 0.207. The number of thiocarbonyl (C=S) groups is 1. The molecule has 2 aromatic carbocycles. The quantitative estimate of drug-likeness (QED) is 0.646. The molecule has 0 atom stereocenters. The lowest BCUT2D eigenvalue weighted by Gasteiger charge is -2.13. The lowest BCUT2D eigenvalue weighted by Crippen LogP contribution is -2.34. The number of hydrogen-bond acceptors (Lipinski definition) is 3. The summed E-state index contributed by atoms with van der Waals surface area (Å²) in [5.74, 6) is -0.319. The largest absolute Gasteiger partial charge is 0.331 e.